The van der Waals surface area contributed by atoms with Crippen LogP contribution in [0.15, 0.2) is 164 Å². The minimum atomic E-state index is -0.842. The normalized spacial score (nSPS) is 12.7. The van der Waals surface area contributed by atoms with Gasteiger partial charge in [-0.1, -0.05) is 201 Å². The number of aromatic nitrogens is 3. The molecule has 9 rings (SSSR count). The van der Waals surface area contributed by atoms with Crippen molar-refractivity contribution in [3.8, 4) is 78.6 Å². The average molecular weight is 1060 g/mol. The maximum absolute atomic E-state index is 12.6. The Morgan fingerprint density at radius 3 is 1.82 bits per heavy atom. The molecule has 0 radical (unpaired) electrons. The molecule has 5 heteroatoms. The number of nitrogens with zero attached hydrogens (tertiary/aromatic N) is 3. The summed E-state index contributed by atoms with van der Waals surface area (Å²) in [6.45, 7) is 20.7. The van der Waals surface area contributed by atoms with Crippen LogP contribution in [0.5, 0.6) is 5.75 Å². The molecule has 0 aliphatic rings. The predicted molar refractivity (Wildman–Crippen MR) is 278 cm³/mol. The number of fused-ring (bicyclic) bond motifs is 1. The third-order valence-corrected chi connectivity index (χ3v) is 12.7. The molecule has 0 fully saturated rings. The van der Waals surface area contributed by atoms with Gasteiger partial charge in [0.15, 0.2) is 0 Å². The van der Waals surface area contributed by atoms with Crippen molar-refractivity contribution >= 4 is 11.0 Å². The van der Waals surface area contributed by atoms with Gasteiger partial charge in [0.1, 0.15) is 11.6 Å². The van der Waals surface area contributed by atoms with Crippen molar-refractivity contribution < 1.29 is 28.9 Å². The molecule has 67 heavy (non-hydrogen) atoms. The van der Waals surface area contributed by atoms with Crippen molar-refractivity contribution in [2.24, 2.45) is 0 Å². The zero-order chi connectivity index (χ0) is 48.3. The maximum Gasteiger partial charge on any atom is 0.148 e. The maximum atomic E-state index is 12.6. The van der Waals surface area contributed by atoms with Crippen LogP contribution in [0.1, 0.15) is 106 Å². The van der Waals surface area contributed by atoms with Gasteiger partial charge in [-0.3, -0.25) is 9.55 Å². The fraction of sp³-hybridized carbons (Fsp3) is 0.226. The largest absolute Gasteiger partial charge is 0.507 e. The molecular formula is C62H60N3OPt-. The first-order valence-electron chi connectivity index (χ1n) is 24.0. The molecule has 0 aliphatic carbocycles. The van der Waals surface area contributed by atoms with Gasteiger partial charge in [0.2, 0.25) is 0 Å². The smallest absolute Gasteiger partial charge is 0.148 e. The number of para-hydroxylation sites is 1. The summed E-state index contributed by atoms with van der Waals surface area (Å²) in [5.74, 6) is -0.709. The van der Waals surface area contributed by atoms with Crippen LogP contribution in [-0.4, -0.2) is 19.6 Å². The summed E-state index contributed by atoms with van der Waals surface area (Å²) in [5.41, 5.74) is 15.9. The fourth-order valence-electron chi connectivity index (χ4n) is 8.85. The van der Waals surface area contributed by atoms with Crippen LogP contribution in [0.2, 0.25) is 0 Å². The molecule has 1 N–H and O–H groups in total. The van der Waals surface area contributed by atoms with Crippen molar-refractivity contribution in [3.05, 3.63) is 192 Å². The van der Waals surface area contributed by atoms with Gasteiger partial charge in [-0.25, -0.2) is 4.98 Å². The number of imidazole rings is 1. The minimum Gasteiger partial charge on any atom is -0.507 e. The van der Waals surface area contributed by atoms with E-state index in [0.29, 0.717) is 11.4 Å². The number of pyridine rings is 1. The second-order valence-corrected chi connectivity index (χ2v) is 20.0. The number of aromatic hydroxyl groups is 1. The SMILES string of the molecule is [2H]C(C)(C)c1ccc(-c2ccnc(-c3[c-]c(-c4cccc5c4nc(-c4cc(C(C)(C)C)cc(C(C)(C)C)c4O)n5-c4ccc(C([2H])(C)C)cc4-c4ccccc4)cc(-c4ccccc4)c3)c2)cc1.[Pt]. The van der Waals surface area contributed by atoms with Crippen LogP contribution >= 0.6 is 0 Å². The number of phenolic OH excluding ortho intramolecular Hbond substituents is 1. The van der Waals surface area contributed by atoms with Crippen LogP contribution < -0.4 is 0 Å². The zero-order valence-electron chi connectivity index (χ0n) is 42.2. The van der Waals surface area contributed by atoms with E-state index in [2.05, 4.69) is 167 Å². The van der Waals surface area contributed by atoms with Gasteiger partial charge in [0, 0.05) is 46.8 Å². The number of rotatable bonds is 9. The summed E-state index contributed by atoms with van der Waals surface area (Å²) in [5, 5.41) is 12.6. The second kappa shape index (κ2) is 18.7. The Hall–Kier alpha value is -6.35. The number of hydrogen-bond donors (Lipinski definition) is 1. The minimum absolute atomic E-state index is 0. The fourth-order valence-corrected chi connectivity index (χ4v) is 8.85. The van der Waals surface area contributed by atoms with E-state index in [9.17, 15) is 5.11 Å². The van der Waals surface area contributed by atoms with Crippen LogP contribution in [0.3, 0.4) is 0 Å². The van der Waals surface area contributed by atoms with E-state index in [1.54, 1.807) is 0 Å². The van der Waals surface area contributed by atoms with Crippen molar-refractivity contribution in [2.45, 2.75) is 91.9 Å². The van der Waals surface area contributed by atoms with Gasteiger partial charge in [-0.15, -0.1) is 23.8 Å². The first-order chi connectivity index (χ1) is 32.1. The van der Waals surface area contributed by atoms with E-state index in [-0.39, 0.29) is 37.6 Å². The Morgan fingerprint density at radius 1 is 0.552 bits per heavy atom. The van der Waals surface area contributed by atoms with Crippen molar-refractivity contribution in [1.82, 2.24) is 14.5 Å². The van der Waals surface area contributed by atoms with E-state index >= 15 is 0 Å². The van der Waals surface area contributed by atoms with E-state index in [0.717, 1.165) is 94.7 Å². The Labute approximate surface area is 414 Å². The molecular weight excluding hydrogens is 998 g/mol. The Morgan fingerprint density at radius 2 is 1.18 bits per heavy atom. The molecule has 7 aromatic carbocycles. The van der Waals surface area contributed by atoms with Crippen LogP contribution in [0.4, 0.5) is 0 Å². The van der Waals surface area contributed by atoms with E-state index in [1.165, 1.54) is 0 Å². The Balaban J connectivity index is 0.00000642. The first-order valence-corrected chi connectivity index (χ1v) is 23.0. The quantitative estimate of drug-likeness (QED) is 0.147. The Kier molecular flexibility index (Phi) is 12.4. The predicted octanol–water partition coefficient (Wildman–Crippen LogP) is 16.8. The summed E-state index contributed by atoms with van der Waals surface area (Å²) in [4.78, 5) is 10.6. The summed E-state index contributed by atoms with van der Waals surface area (Å²) < 4.78 is 19.8. The summed E-state index contributed by atoms with van der Waals surface area (Å²) in [6.07, 6.45) is 1.85. The average Bonchev–Trinajstić information content (AvgIpc) is 3.70. The van der Waals surface area contributed by atoms with Gasteiger partial charge >= 0.3 is 0 Å². The molecule has 0 aliphatic heterocycles. The van der Waals surface area contributed by atoms with Crippen LogP contribution in [0.25, 0.3) is 83.9 Å². The van der Waals surface area contributed by atoms with Gasteiger partial charge in [-0.2, -0.15) is 0 Å². The number of phenols is 1. The molecule has 0 saturated heterocycles. The van der Waals surface area contributed by atoms with E-state index < -0.39 is 11.8 Å². The standard InChI is InChI=1S/C62H60N3O.Pt/c1-39(2)41-24-26-43(27-25-41)46-30-31-63-55(36-46)49-33-47(42-18-13-11-14-19-42)32-48(34-49)51-22-17-23-57-58(51)64-60(53-37-50(61(5,6)7)38-54(59(53)66)62(8,9)10)65(57)56-29-28-45(40(3)4)35-52(56)44-20-15-12-16-21-44;/h11-33,35-40,66H,1-10H3;/q-1;/i39D,40D;. The Bertz CT molecular complexity index is 3310. The molecule has 0 atom stereocenters. The molecule has 0 bridgehead atoms. The van der Waals surface area contributed by atoms with Crippen LogP contribution in [-0.2, 0) is 31.9 Å². The summed E-state index contributed by atoms with van der Waals surface area (Å²) >= 11 is 0. The zero-order valence-corrected chi connectivity index (χ0v) is 42.5. The monoisotopic (exact) mass is 1060 g/mol. The first kappa shape index (κ1) is 44.5. The van der Waals surface area contributed by atoms with Gasteiger partial charge < -0.3 is 5.11 Å². The van der Waals surface area contributed by atoms with Gasteiger partial charge in [-0.05, 0) is 91.9 Å². The molecule has 4 nitrogen and oxygen atoms in total. The molecule has 2 heterocycles. The molecule has 0 unspecified atom stereocenters. The summed E-state index contributed by atoms with van der Waals surface area (Å²) in [6, 6.07) is 58.2. The van der Waals surface area contributed by atoms with Crippen molar-refractivity contribution in [2.75, 3.05) is 0 Å². The molecule has 9 aromatic rings. The van der Waals surface area contributed by atoms with E-state index in [1.807, 2.05) is 76.4 Å². The molecule has 0 spiro atoms. The topological polar surface area (TPSA) is 50.9 Å². The molecule has 2 aromatic heterocycles. The third kappa shape index (κ3) is 9.47. The summed E-state index contributed by atoms with van der Waals surface area (Å²) in [7, 11) is 0. The third-order valence-electron chi connectivity index (χ3n) is 12.7. The van der Waals surface area contributed by atoms with Crippen molar-refractivity contribution in [1.29, 1.82) is 0 Å². The number of benzene rings is 7. The molecule has 0 saturated carbocycles. The van der Waals surface area contributed by atoms with Gasteiger partial charge in [0.25, 0.3) is 0 Å². The van der Waals surface area contributed by atoms with Crippen molar-refractivity contribution in [3.63, 3.8) is 0 Å². The van der Waals surface area contributed by atoms with Gasteiger partial charge in [0.05, 0.1) is 22.3 Å². The molecule has 340 valence electrons. The van der Waals surface area contributed by atoms with Crippen LogP contribution in [0, 0.1) is 6.07 Å². The van der Waals surface area contributed by atoms with E-state index in [4.69, 9.17) is 12.7 Å². The molecule has 0 amide bonds. The number of hydrogen-bond acceptors (Lipinski definition) is 3. The second-order valence-electron chi connectivity index (χ2n) is 20.0.